The van der Waals surface area contributed by atoms with Crippen LogP contribution in [0.2, 0.25) is 0 Å². The smallest absolute Gasteiger partial charge is 0.328 e. The van der Waals surface area contributed by atoms with Crippen molar-refractivity contribution >= 4 is 22.9 Å². The second kappa shape index (κ2) is 11.7. The van der Waals surface area contributed by atoms with E-state index < -0.39 is 11.9 Å². The average molecular weight is 548 g/mol. The Labute approximate surface area is 230 Å². The van der Waals surface area contributed by atoms with Crippen molar-refractivity contribution in [1.29, 1.82) is 0 Å². The van der Waals surface area contributed by atoms with Crippen LogP contribution in [0.15, 0.2) is 77.5 Å². The van der Waals surface area contributed by atoms with Crippen LogP contribution in [0.1, 0.15) is 36.2 Å². The highest BCUT2D eigenvalue weighted by molar-refractivity contribution is 5.89. The Kier molecular flexibility index (Phi) is 7.97. The molecule has 2 aliphatic heterocycles. The lowest BCUT2D eigenvalue weighted by molar-refractivity contribution is -0.134. The monoisotopic (exact) mass is 547 g/mol. The summed E-state index contributed by atoms with van der Waals surface area (Å²) < 4.78 is 27.7. The number of aliphatic carboxylic acids is 2. The summed E-state index contributed by atoms with van der Waals surface area (Å²) in [6.45, 7) is 3.86. The number of likely N-dealkylation sites (tertiary alicyclic amines) is 1. The summed E-state index contributed by atoms with van der Waals surface area (Å²) in [6.07, 6.45) is 7.04. The van der Waals surface area contributed by atoms with Crippen LogP contribution in [0.3, 0.4) is 0 Å². The number of para-hydroxylation sites is 1. The molecule has 2 aromatic heterocycles. The predicted molar refractivity (Wildman–Crippen MR) is 145 cm³/mol. The molecule has 40 heavy (non-hydrogen) atoms. The predicted octanol–water partition coefficient (Wildman–Crippen LogP) is 4.84. The topological polar surface area (TPSA) is 118 Å². The van der Waals surface area contributed by atoms with Gasteiger partial charge in [0.2, 0.25) is 0 Å². The summed E-state index contributed by atoms with van der Waals surface area (Å²) in [5.74, 6) is -1.80. The molecular formula is C30H30FN3O6. The summed E-state index contributed by atoms with van der Waals surface area (Å²) in [5, 5.41) is 20.7. The van der Waals surface area contributed by atoms with E-state index in [1.54, 1.807) is 6.07 Å². The van der Waals surface area contributed by atoms with Gasteiger partial charge in [0.05, 0.1) is 17.9 Å². The summed E-state index contributed by atoms with van der Waals surface area (Å²) in [7, 11) is 0. The average Bonchev–Trinajstić information content (AvgIpc) is 3.54. The summed E-state index contributed by atoms with van der Waals surface area (Å²) >= 11 is 0. The second-order valence-corrected chi connectivity index (χ2v) is 9.95. The molecule has 0 bridgehead atoms. The van der Waals surface area contributed by atoms with Crippen molar-refractivity contribution in [3.05, 3.63) is 95.7 Å². The third-order valence-electron chi connectivity index (χ3n) is 7.34. The molecular weight excluding hydrogens is 517 g/mol. The Morgan fingerprint density at radius 3 is 2.52 bits per heavy atom. The van der Waals surface area contributed by atoms with Crippen LogP contribution in [0.4, 0.5) is 4.39 Å². The van der Waals surface area contributed by atoms with Crippen molar-refractivity contribution in [2.24, 2.45) is 0 Å². The number of halogens is 1. The largest absolute Gasteiger partial charge is 0.481 e. The van der Waals surface area contributed by atoms with E-state index >= 15 is 0 Å². The van der Waals surface area contributed by atoms with Crippen LogP contribution in [0.25, 0.3) is 11.0 Å². The number of carbonyl (C=O) groups is 2. The van der Waals surface area contributed by atoms with Crippen LogP contribution < -0.4 is 4.74 Å². The Morgan fingerprint density at radius 2 is 1.77 bits per heavy atom. The lowest BCUT2D eigenvalue weighted by Crippen LogP contribution is -2.46. The number of carboxylic acid groups (broad SMARTS) is 2. The van der Waals surface area contributed by atoms with Crippen LogP contribution >= 0.6 is 0 Å². The molecule has 208 valence electrons. The van der Waals surface area contributed by atoms with Gasteiger partial charge in [-0.05, 0) is 49.7 Å². The fraction of sp³-hybridized carbons (Fsp3) is 0.300. The second-order valence-electron chi connectivity index (χ2n) is 9.95. The van der Waals surface area contributed by atoms with Crippen molar-refractivity contribution in [3.63, 3.8) is 0 Å². The maximum Gasteiger partial charge on any atom is 0.328 e. The number of aromatic nitrogens is 2. The van der Waals surface area contributed by atoms with Crippen LogP contribution in [0, 0.1) is 5.82 Å². The van der Waals surface area contributed by atoms with E-state index in [1.165, 1.54) is 23.4 Å². The van der Waals surface area contributed by atoms with Crippen molar-refractivity contribution in [3.8, 4) is 5.75 Å². The molecule has 6 rings (SSSR count). The van der Waals surface area contributed by atoms with Gasteiger partial charge in [-0.3, -0.25) is 0 Å². The molecule has 9 nitrogen and oxygen atoms in total. The van der Waals surface area contributed by atoms with Gasteiger partial charge in [-0.1, -0.05) is 23.4 Å². The quantitative estimate of drug-likeness (QED) is 0.329. The molecule has 2 aliphatic rings. The number of aryl methyl sites for hydroxylation is 1. The van der Waals surface area contributed by atoms with E-state index in [-0.39, 0.29) is 11.4 Å². The van der Waals surface area contributed by atoms with Crippen LogP contribution in [0.5, 0.6) is 5.75 Å². The van der Waals surface area contributed by atoms with Crippen molar-refractivity contribution in [2.75, 3.05) is 19.6 Å². The van der Waals surface area contributed by atoms with Crippen LogP contribution in [-0.4, -0.2) is 56.4 Å². The molecule has 1 spiro atoms. The van der Waals surface area contributed by atoms with E-state index in [0.29, 0.717) is 17.7 Å². The maximum atomic E-state index is 13.4. The van der Waals surface area contributed by atoms with E-state index in [1.807, 2.05) is 0 Å². The number of rotatable bonds is 6. The zero-order valence-corrected chi connectivity index (χ0v) is 21.8. The van der Waals surface area contributed by atoms with Crippen molar-refractivity contribution < 1.29 is 33.5 Å². The molecule has 1 saturated heterocycles. The first kappa shape index (κ1) is 27.1. The van der Waals surface area contributed by atoms with E-state index in [0.717, 1.165) is 68.7 Å². The van der Waals surface area contributed by atoms with Gasteiger partial charge in [0, 0.05) is 61.3 Å². The number of hydrogen-bond acceptors (Lipinski definition) is 6. The zero-order chi connectivity index (χ0) is 28.1. The van der Waals surface area contributed by atoms with Gasteiger partial charge in [-0.2, -0.15) is 0 Å². The Morgan fingerprint density at radius 1 is 1.02 bits per heavy atom. The first-order valence-electron chi connectivity index (χ1n) is 13.2. The molecule has 10 heteroatoms. The number of hydrogen-bond donors (Lipinski definition) is 2. The summed E-state index contributed by atoms with van der Waals surface area (Å²) in [6, 6.07) is 17.4. The molecule has 0 aliphatic carbocycles. The number of piperidine rings is 1. The highest BCUT2D eigenvalue weighted by Gasteiger charge is 2.42. The van der Waals surface area contributed by atoms with Gasteiger partial charge in [0.25, 0.3) is 0 Å². The van der Waals surface area contributed by atoms with E-state index in [4.69, 9.17) is 19.5 Å². The molecule has 2 N–H and O–H groups in total. The highest BCUT2D eigenvalue weighted by atomic mass is 19.1. The maximum absolute atomic E-state index is 13.4. The van der Waals surface area contributed by atoms with Gasteiger partial charge in [-0.15, -0.1) is 0 Å². The molecule has 0 amide bonds. The lowest BCUT2D eigenvalue weighted by atomic mass is 9.87. The van der Waals surface area contributed by atoms with Gasteiger partial charge in [0.15, 0.2) is 11.2 Å². The van der Waals surface area contributed by atoms with Gasteiger partial charge < -0.3 is 28.9 Å². The normalized spacial score (nSPS) is 16.0. The Hall–Kier alpha value is -4.44. The minimum Gasteiger partial charge on any atom is -0.481 e. The Balaban J connectivity index is 0.000000355. The summed E-state index contributed by atoms with van der Waals surface area (Å²) in [5.41, 5.74) is 3.70. The summed E-state index contributed by atoms with van der Waals surface area (Å²) in [4.78, 5) is 21.6. The molecule has 1 fully saturated rings. The molecule has 0 atom stereocenters. The lowest BCUT2D eigenvalue weighted by Gasteiger charge is -2.41. The number of fused-ring (bicyclic) bond motifs is 4. The highest BCUT2D eigenvalue weighted by Crippen LogP contribution is 2.41. The van der Waals surface area contributed by atoms with E-state index in [9.17, 15) is 14.0 Å². The fourth-order valence-corrected chi connectivity index (χ4v) is 5.40. The molecule has 0 saturated carbocycles. The third kappa shape index (κ3) is 6.07. The molecule has 0 unspecified atom stereocenters. The SMILES string of the molecule is Fc1ccc2c(CCCN3CCC4(CC3)Oc3ccccc3Cn3cccc34)noc2c1.O=C(O)/C=C\C(=O)O. The van der Waals surface area contributed by atoms with Gasteiger partial charge in [0.1, 0.15) is 11.6 Å². The number of benzene rings is 2. The van der Waals surface area contributed by atoms with Crippen molar-refractivity contribution in [1.82, 2.24) is 14.6 Å². The van der Waals surface area contributed by atoms with Crippen molar-refractivity contribution in [2.45, 2.75) is 37.8 Å². The standard InChI is InChI=1S/C26H26FN3O2.C4H4O4/c27-20-9-10-21-22(28-32-24(21)17-20)6-3-13-29-15-11-26(12-16-29)25-8-4-14-30(25)18-19-5-1-2-7-23(19)31-26;5-3(6)1-2-4(7)8/h1-2,4-5,7-10,14,17H,3,6,11-13,15-16,18H2;1-2H,(H,5,6)(H,7,8)/b;2-1-. The fourth-order valence-electron chi connectivity index (χ4n) is 5.40. The molecule has 4 heterocycles. The molecule has 2 aromatic carbocycles. The zero-order valence-electron chi connectivity index (χ0n) is 21.8. The van der Waals surface area contributed by atoms with Crippen LogP contribution in [-0.2, 0) is 28.2 Å². The van der Waals surface area contributed by atoms with Gasteiger partial charge >= 0.3 is 11.9 Å². The van der Waals surface area contributed by atoms with Gasteiger partial charge in [-0.25, -0.2) is 14.0 Å². The minimum atomic E-state index is -1.26. The van der Waals surface area contributed by atoms with E-state index in [2.05, 4.69) is 57.2 Å². The number of nitrogens with zero attached hydrogens (tertiary/aromatic N) is 3. The number of carboxylic acids is 2. The number of ether oxygens (including phenoxy) is 1. The Bertz CT molecular complexity index is 1520. The minimum absolute atomic E-state index is 0.265. The molecule has 4 aromatic rings. The first-order chi connectivity index (χ1) is 19.3. The first-order valence-corrected chi connectivity index (χ1v) is 13.2. The molecule has 0 radical (unpaired) electrons. The third-order valence-corrected chi connectivity index (χ3v) is 7.34.